The van der Waals surface area contributed by atoms with Crippen LogP contribution in [0, 0.1) is 0 Å². The number of hydrogen-bond donors (Lipinski definition) is 2. The van der Waals surface area contributed by atoms with Crippen LogP contribution in [0.25, 0.3) is 0 Å². The van der Waals surface area contributed by atoms with E-state index in [1.165, 1.54) is 0 Å². The van der Waals surface area contributed by atoms with Crippen LogP contribution in [-0.2, 0) is 16.0 Å². The minimum Gasteiger partial charge on any atom is -0.497 e. The van der Waals surface area contributed by atoms with Crippen molar-refractivity contribution >= 4 is 5.97 Å². The lowest BCUT2D eigenvalue weighted by Crippen LogP contribution is -2.36. The lowest BCUT2D eigenvalue weighted by atomic mass is 10.0. The summed E-state index contributed by atoms with van der Waals surface area (Å²) in [6.45, 7) is 0. The Morgan fingerprint density at radius 1 is 1.24 bits per heavy atom. The van der Waals surface area contributed by atoms with Crippen LogP contribution in [0.2, 0.25) is 0 Å². The Hall–Kier alpha value is -1.59. The number of aliphatic hydroxyl groups excluding tert-OH is 2. The van der Waals surface area contributed by atoms with Crippen LogP contribution >= 0.6 is 0 Å². The molecule has 2 atom stereocenters. The number of esters is 1. The fraction of sp³-hybridized carbons (Fsp3) is 0.417. The minimum absolute atomic E-state index is 0.167. The van der Waals surface area contributed by atoms with Gasteiger partial charge in [0.25, 0.3) is 0 Å². The van der Waals surface area contributed by atoms with E-state index in [1.54, 1.807) is 31.4 Å². The molecule has 0 fully saturated rings. The molecule has 0 aliphatic carbocycles. The summed E-state index contributed by atoms with van der Waals surface area (Å²) in [5, 5.41) is 19.0. The second-order valence-corrected chi connectivity index (χ2v) is 3.59. The molecule has 5 heteroatoms. The highest BCUT2D eigenvalue weighted by molar-refractivity contribution is 5.74. The second kappa shape index (κ2) is 6.22. The zero-order valence-corrected chi connectivity index (χ0v) is 9.79. The lowest BCUT2D eigenvalue weighted by Gasteiger charge is -2.15. The summed E-state index contributed by atoms with van der Waals surface area (Å²) in [5.41, 5.74) is 0.793. The normalized spacial score (nSPS) is 13.9. The molecule has 0 unspecified atom stereocenters. The predicted molar refractivity (Wildman–Crippen MR) is 60.7 cm³/mol. The molecule has 5 nitrogen and oxygen atoms in total. The summed E-state index contributed by atoms with van der Waals surface area (Å²) < 4.78 is 9.33. The Balaban J connectivity index is 2.60. The number of ether oxygens (including phenoxy) is 2. The standard InChI is InChI=1S/C12H16O5/c1-16-9-5-3-8(4-6-9)7-10(13)11(14)12(15)17-2/h3-6,10-11,13-14H,7H2,1-2H3/t10-,11-/m1/s1. The van der Waals surface area contributed by atoms with Crippen molar-refractivity contribution in [3.05, 3.63) is 29.8 Å². The van der Waals surface area contributed by atoms with Gasteiger partial charge in [-0.25, -0.2) is 4.79 Å². The van der Waals surface area contributed by atoms with Crippen molar-refractivity contribution < 1.29 is 24.5 Å². The second-order valence-electron chi connectivity index (χ2n) is 3.59. The number of carbonyl (C=O) groups is 1. The fourth-order valence-electron chi connectivity index (χ4n) is 1.39. The molecule has 0 saturated carbocycles. The molecule has 1 rings (SSSR count). The highest BCUT2D eigenvalue weighted by Gasteiger charge is 2.24. The number of carbonyl (C=O) groups excluding carboxylic acids is 1. The smallest absolute Gasteiger partial charge is 0.337 e. The van der Waals surface area contributed by atoms with Crippen molar-refractivity contribution in [3.8, 4) is 5.75 Å². The largest absolute Gasteiger partial charge is 0.497 e. The Labute approximate surface area is 99.6 Å². The molecule has 0 saturated heterocycles. The fourth-order valence-corrected chi connectivity index (χ4v) is 1.39. The van der Waals surface area contributed by atoms with Crippen LogP contribution in [0.5, 0.6) is 5.75 Å². The summed E-state index contributed by atoms with van der Waals surface area (Å²) in [6, 6.07) is 7.00. The van der Waals surface area contributed by atoms with Gasteiger partial charge in [-0.3, -0.25) is 0 Å². The zero-order chi connectivity index (χ0) is 12.8. The number of rotatable bonds is 5. The van der Waals surface area contributed by atoms with Crippen molar-refractivity contribution in [2.24, 2.45) is 0 Å². The highest BCUT2D eigenvalue weighted by Crippen LogP contribution is 2.13. The third-order valence-electron chi connectivity index (χ3n) is 2.41. The molecule has 0 aliphatic heterocycles. The maximum atomic E-state index is 11.0. The van der Waals surface area contributed by atoms with Gasteiger partial charge in [0, 0.05) is 6.42 Å². The Bertz CT molecular complexity index is 360. The summed E-state index contributed by atoms with van der Waals surface area (Å²) in [6.07, 6.45) is -2.54. The van der Waals surface area contributed by atoms with E-state index in [4.69, 9.17) is 4.74 Å². The molecule has 1 aromatic carbocycles. The predicted octanol–water partition coefficient (Wildman–Crippen LogP) is 0.132. The van der Waals surface area contributed by atoms with Crippen LogP contribution in [0.15, 0.2) is 24.3 Å². The quantitative estimate of drug-likeness (QED) is 0.716. The van der Waals surface area contributed by atoms with E-state index in [2.05, 4.69) is 4.74 Å². The summed E-state index contributed by atoms with van der Waals surface area (Å²) in [5.74, 6) is -0.136. The molecule has 2 N–H and O–H groups in total. The van der Waals surface area contributed by atoms with Gasteiger partial charge in [-0.1, -0.05) is 12.1 Å². The first-order valence-electron chi connectivity index (χ1n) is 5.15. The third-order valence-corrected chi connectivity index (χ3v) is 2.41. The van der Waals surface area contributed by atoms with E-state index in [0.717, 1.165) is 12.7 Å². The number of benzene rings is 1. The Kier molecular flexibility index (Phi) is 4.93. The van der Waals surface area contributed by atoms with E-state index in [1.807, 2.05) is 0 Å². The average molecular weight is 240 g/mol. The molecule has 1 aromatic rings. The number of methoxy groups -OCH3 is 2. The van der Waals surface area contributed by atoms with Gasteiger partial charge >= 0.3 is 5.97 Å². The molecule has 0 aromatic heterocycles. The van der Waals surface area contributed by atoms with E-state index in [9.17, 15) is 15.0 Å². The van der Waals surface area contributed by atoms with Crippen LogP contribution < -0.4 is 4.74 Å². The first-order valence-corrected chi connectivity index (χ1v) is 5.15. The van der Waals surface area contributed by atoms with Gasteiger partial charge in [0.1, 0.15) is 5.75 Å². The molecular weight excluding hydrogens is 224 g/mol. The van der Waals surface area contributed by atoms with Crippen molar-refractivity contribution in [1.82, 2.24) is 0 Å². The molecule has 0 aliphatic rings. The highest BCUT2D eigenvalue weighted by atomic mass is 16.5. The van der Waals surface area contributed by atoms with Gasteiger partial charge in [-0.2, -0.15) is 0 Å². The van der Waals surface area contributed by atoms with Gasteiger partial charge in [0.2, 0.25) is 0 Å². The topological polar surface area (TPSA) is 76.0 Å². The average Bonchev–Trinajstić information content (AvgIpc) is 2.37. The van der Waals surface area contributed by atoms with Crippen LogP contribution in [0.3, 0.4) is 0 Å². The van der Waals surface area contributed by atoms with E-state index < -0.39 is 18.2 Å². The summed E-state index contributed by atoms with van der Waals surface area (Å²) in [7, 11) is 2.72. The lowest BCUT2D eigenvalue weighted by molar-refractivity contribution is -0.156. The van der Waals surface area contributed by atoms with Crippen molar-refractivity contribution in [1.29, 1.82) is 0 Å². The molecular formula is C12H16O5. The SMILES string of the molecule is COC(=O)[C@H](O)[C@H](O)Cc1ccc(OC)cc1. The van der Waals surface area contributed by atoms with Gasteiger partial charge in [0.15, 0.2) is 6.10 Å². The molecule has 0 bridgehead atoms. The molecule has 94 valence electrons. The Morgan fingerprint density at radius 2 is 1.82 bits per heavy atom. The minimum atomic E-state index is -1.53. The van der Waals surface area contributed by atoms with Crippen LogP contribution in [-0.4, -0.2) is 42.6 Å². The first kappa shape index (κ1) is 13.5. The molecule has 0 spiro atoms. The van der Waals surface area contributed by atoms with Crippen LogP contribution in [0.1, 0.15) is 5.56 Å². The maximum absolute atomic E-state index is 11.0. The van der Waals surface area contributed by atoms with Crippen molar-refractivity contribution in [2.75, 3.05) is 14.2 Å². The first-order chi connectivity index (χ1) is 8.08. The Morgan fingerprint density at radius 3 is 2.29 bits per heavy atom. The molecule has 0 radical (unpaired) electrons. The van der Waals surface area contributed by atoms with Gasteiger partial charge in [-0.15, -0.1) is 0 Å². The van der Waals surface area contributed by atoms with Gasteiger partial charge in [-0.05, 0) is 17.7 Å². The van der Waals surface area contributed by atoms with E-state index >= 15 is 0 Å². The monoisotopic (exact) mass is 240 g/mol. The number of hydrogen-bond acceptors (Lipinski definition) is 5. The zero-order valence-electron chi connectivity index (χ0n) is 9.79. The maximum Gasteiger partial charge on any atom is 0.337 e. The van der Waals surface area contributed by atoms with Crippen molar-refractivity contribution in [2.45, 2.75) is 18.6 Å². The van der Waals surface area contributed by atoms with E-state index in [-0.39, 0.29) is 6.42 Å². The molecule has 0 heterocycles. The molecule has 17 heavy (non-hydrogen) atoms. The summed E-state index contributed by atoms with van der Waals surface area (Å²) in [4.78, 5) is 11.0. The van der Waals surface area contributed by atoms with Gasteiger partial charge < -0.3 is 19.7 Å². The number of aliphatic hydroxyl groups is 2. The van der Waals surface area contributed by atoms with Gasteiger partial charge in [0.05, 0.1) is 20.3 Å². The third kappa shape index (κ3) is 3.72. The van der Waals surface area contributed by atoms with Crippen LogP contribution in [0.4, 0.5) is 0 Å². The summed E-state index contributed by atoms with van der Waals surface area (Å²) >= 11 is 0. The van der Waals surface area contributed by atoms with E-state index in [0.29, 0.717) is 5.75 Å². The molecule has 0 amide bonds. The van der Waals surface area contributed by atoms with Crippen molar-refractivity contribution in [3.63, 3.8) is 0 Å².